The van der Waals surface area contributed by atoms with Gasteiger partial charge in [-0.15, -0.1) is 11.3 Å². The van der Waals surface area contributed by atoms with Gasteiger partial charge in [-0.3, -0.25) is 5.43 Å². The minimum atomic E-state index is -4.40. The van der Waals surface area contributed by atoms with Crippen molar-refractivity contribution in [1.82, 2.24) is 4.98 Å². The van der Waals surface area contributed by atoms with Gasteiger partial charge in [0.25, 0.3) is 0 Å². The molecule has 3 aromatic carbocycles. The van der Waals surface area contributed by atoms with Crippen molar-refractivity contribution in [3.05, 3.63) is 99.3 Å². The Kier molecular flexibility index (Phi) is 7.10. The minimum absolute atomic E-state index is 0.00721. The number of hydrogen-bond acceptors (Lipinski definition) is 5. The zero-order chi connectivity index (χ0) is 23.3. The van der Waals surface area contributed by atoms with Crippen LogP contribution >= 0.6 is 27.3 Å². The first kappa shape index (κ1) is 23.0. The lowest BCUT2D eigenvalue weighted by atomic mass is 10.1. The van der Waals surface area contributed by atoms with Gasteiger partial charge in [0.15, 0.2) is 0 Å². The first-order chi connectivity index (χ1) is 15.9. The first-order valence-corrected chi connectivity index (χ1v) is 11.4. The normalized spacial score (nSPS) is 11.6. The molecule has 0 unspecified atom stereocenters. The Labute approximate surface area is 200 Å². The molecular weight excluding hydrogens is 515 g/mol. The van der Waals surface area contributed by atoms with Gasteiger partial charge in [0.05, 0.1) is 17.5 Å². The molecule has 4 rings (SSSR count). The maximum absolute atomic E-state index is 12.9. The van der Waals surface area contributed by atoms with Crippen molar-refractivity contribution in [3.63, 3.8) is 0 Å². The Morgan fingerprint density at radius 3 is 2.64 bits per heavy atom. The number of thiazole rings is 1. The van der Waals surface area contributed by atoms with Crippen molar-refractivity contribution in [2.24, 2.45) is 5.10 Å². The Hall–Kier alpha value is -3.17. The molecule has 9 heteroatoms. The highest BCUT2D eigenvalue weighted by atomic mass is 79.9. The van der Waals surface area contributed by atoms with Gasteiger partial charge < -0.3 is 4.74 Å². The van der Waals surface area contributed by atoms with Crippen molar-refractivity contribution in [2.45, 2.75) is 12.8 Å². The molecule has 4 nitrogen and oxygen atoms in total. The standard InChI is InChI=1S/C24H17BrF3N3OS/c25-20-9-10-22(32-14-16-5-4-8-19(11-16)24(26,27)28)18(12-20)13-29-31-23-30-21(15-33-23)17-6-2-1-3-7-17/h1-13,15H,14H2,(H,30,31). The lowest BCUT2D eigenvalue weighted by Crippen LogP contribution is -2.06. The number of hydrazone groups is 1. The number of aromatic nitrogens is 1. The van der Waals surface area contributed by atoms with Crippen LogP contribution < -0.4 is 10.2 Å². The van der Waals surface area contributed by atoms with E-state index in [0.29, 0.717) is 22.0 Å². The number of nitrogens with zero attached hydrogens (tertiary/aromatic N) is 2. The zero-order valence-corrected chi connectivity index (χ0v) is 19.4. The van der Waals surface area contributed by atoms with Crippen LogP contribution in [0.2, 0.25) is 0 Å². The van der Waals surface area contributed by atoms with Crippen LogP contribution in [-0.4, -0.2) is 11.2 Å². The maximum atomic E-state index is 12.9. The van der Waals surface area contributed by atoms with Crippen LogP contribution in [0.15, 0.2) is 87.8 Å². The lowest BCUT2D eigenvalue weighted by Gasteiger charge is -2.12. The van der Waals surface area contributed by atoms with E-state index in [-0.39, 0.29) is 6.61 Å². The molecule has 1 N–H and O–H groups in total. The van der Waals surface area contributed by atoms with Gasteiger partial charge in [-0.1, -0.05) is 58.4 Å². The second-order valence-electron chi connectivity index (χ2n) is 6.94. The van der Waals surface area contributed by atoms with Crippen LogP contribution in [0, 0.1) is 0 Å². The molecule has 0 saturated heterocycles. The molecule has 168 valence electrons. The Bertz CT molecular complexity index is 1260. The largest absolute Gasteiger partial charge is 0.488 e. The summed E-state index contributed by atoms with van der Waals surface area (Å²) in [4.78, 5) is 4.52. The van der Waals surface area contributed by atoms with E-state index in [1.165, 1.54) is 17.4 Å². The summed E-state index contributed by atoms with van der Waals surface area (Å²) >= 11 is 4.85. The van der Waals surface area contributed by atoms with Gasteiger partial charge >= 0.3 is 6.18 Å². The monoisotopic (exact) mass is 531 g/mol. The first-order valence-electron chi connectivity index (χ1n) is 9.77. The summed E-state index contributed by atoms with van der Waals surface area (Å²) in [5, 5.41) is 6.82. The summed E-state index contributed by atoms with van der Waals surface area (Å²) in [5.41, 5.74) is 5.15. The summed E-state index contributed by atoms with van der Waals surface area (Å²) in [7, 11) is 0. The third kappa shape index (κ3) is 6.21. The SMILES string of the molecule is FC(F)(F)c1cccc(COc2ccc(Br)cc2C=NNc2nc(-c3ccccc3)cs2)c1. The number of rotatable bonds is 7. The second kappa shape index (κ2) is 10.2. The highest BCUT2D eigenvalue weighted by Gasteiger charge is 2.30. The van der Waals surface area contributed by atoms with Gasteiger partial charge in [-0.05, 0) is 35.9 Å². The third-order valence-corrected chi connectivity index (χ3v) is 5.80. The fourth-order valence-corrected chi connectivity index (χ4v) is 4.02. The Morgan fingerprint density at radius 1 is 1.03 bits per heavy atom. The molecule has 0 atom stereocenters. The third-order valence-electron chi connectivity index (χ3n) is 4.56. The molecule has 0 spiro atoms. The number of anilines is 1. The molecule has 0 bridgehead atoms. The lowest BCUT2D eigenvalue weighted by molar-refractivity contribution is -0.137. The summed E-state index contributed by atoms with van der Waals surface area (Å²) in [6.07, 6.45) is -2.82. The van der Waals surface area contributed by atoms with E-state index < -0.39 is 11.7 Å². The van der Waals surface area contributed by atoms with Crippen molar-refractivity contribution in [3.8, 4) is 17.0 Å². The molecular formula is C24H17BrF3N3OS. The van der Waals surface area contributed by atoms with Crippen LogP contribution in [0.25, 0.3) is 11.3 Å². The van der Waals surface area contributed by atoms with E-state index in [2.05, 4.69) is 31.4 Å². The van der Waals surface area contributed by atoms with Crippen molar-refractivity contribution in [2.75, 3.05) is 5.43 Å². The summed E-state index contributed by atoms with van der Waals surface area (Å²) < 4.78 is 45.4. The van der Waals surface area contributed by atoms with Crippen LogP contribution in [0.4, 0.5) is 18.3 Å². The molecule has 4 aromatic rings. The molecule has 1 aromatic heterocycles. The van der Waals surface area contributed by atoms with Gasteiger partial charge in [0.2, 0.25) is 5.13 Å². The number of ether oxygens (including phenoxy) is 1. The van der Waals surface area contributed by atoms with Crippen LogP contribution in [0.1, 0.15) is 16.7 Å². The molecule has 0 saturated carbocycles. The summed E-state index contributed by atoms with van der Waals surface area (Å²) in [6.45, 7) is -0.00721. The van der Waals surface area contributed by atoms with Gasteiger partial charge in [-0.25, -0.2) is 4.98 Å². The molecule has 1 heterocycles. The predicted octanol–water partition coefficient (Wildman–Crippen LogP) is 7.62. The van der Waals surface area contributed by atoms with Crippen LogP contribution in [0.3, 0.4) is 0 Å². The molecule has 0 amide bonds. The summed E-state index contributed by atoms with van der Waals surface area (Å²) in [5.74, 6) is 0.491. The zero-order valence-electron chi connectivity index (χ0n) is 17.0. The fraction of sp³-hybridized carbons (Fsp3) is 0.0833. The van der Waals surface area contributed by atoms with Crippen molar-refractivity contribution < 1.29 is 17.9 Å². The fourth-order valence-electron chi connectivity index (χ4n) is 2.97. The number of hydrogen-bond donors (Lipinski definition) is 1. The van der Waals surface area contributed by atoms with E-state index in [0.717, 1.165) is 27.9 Å². The van der Waals surface area contributed by atoms with Crippen LogP contribution in [-0.2, 0) is 12.8 Å². The smallest absolute Gasteiger partial charge is 0.416 e. The van der Waals surface area contributed by atoms with Gasteiger partial charge in [0, 0.05) is 21.0 Å². The van der Waals surface area contributed by atoms with E-state index in [1.807, 2.05) is 41.8 Å². The molecule has 0 radical (unpaired) electrons. The van der Waals surface area contributed by atoms with Crippen molar-refractivity contribution >= 4 is 38.6 Å². The topological polar surface area (TPSA) is 46.5 Å². The molecule has 0 aliphatic carbocycles. The Morgan fingerprint density at radius 2 is 1.85 bits per heavy atom. The molecule has 33 heavy (non-hydrogen) atoms. The number of benzene rings is 3. The second-order valence-corrected chi connectivity index (χ2v) is 8.72. The summed E-state index contributed by atoms with van der Waals surface area (Å²) in [6, 6.07) is 20.2. The average Bonchev–Trinajstić information content (AvgIpc) is 3.28. The van der Waals surface area contributed by atoms with Gasteiger partial charge in [0.1, 0.15) is 12.4 Å². The average molecular weight is 532 g/mol. The van der Waals surface area contributed by atoms with E-state index >= 15 is 0 Å². The van der Waals surface area contributed by atoms with E-state index in [1.54, 1.807) is 24.4 Å². The number of alkyl halides is 3. The van der Waals surface area contributed by atoms with E-state index in [4.69, 9.17) is 4.74 Å². The highest BCUT2D eigenvalue weighted by Crippen LogP contribution is 2.30. The molecule has 0 aliphatic rings. The van der Waals surface area contributed by atoms with Crippen molar-refractivity contribution in [1.29, 1.82) is 0 Å². The molecule has 0 aliphatic heterocycles. The maximum Gasteiger partial charge on any atom is 0.416 e. The molecule has 0 fully saturated rings. The number of nitrogens with one attached hydrogen (secondary N) is 1. The van der Waals surface area contributed by atoms with Gasteiger partial charge in [-0.2, -0.15) is 18.3 Å². The number of halogens is 4. The Balaban J connectivity index is 1.44. The minimum Gasteiger partial charge on any atom is -0.488 e. The highest BCUT2D eigenvalue weighted by molar-refractivity contribution is 9.10. The van der Waals surface area contributed by atoms with Crippen LogP contribution in [0.5, 0.6) is 5.75 Å². The predicted molar refractivity (Wildman–Crippen MR) is 129 cm³/mol. The van der Waals surface area contributed by atoms with E-state index in [9.17, 15) is 13.2 Å². The quantitative estimate of drug-likeness (QED) is 0.197.